The molecule has 0 saturated carbocycles. The second kappa shape index (κ2) is 10.1. The first-order chi connectivity index (χ1) is 14.5. The summed E-state index contributed by atoms with van der Waals surface area (Å²) < 4.78 is 0. The van der Waals surface area contributed by atoms with Gasteiger partial charge in [-0.15, -0.1) is 11.3 Å². The number of halogens is 2. The fraction of sp³-hybridized carbons (Fsp3) is 0.227. The van der Waals surface area contributed by atoms with Crippen LogP contribution in [0.5, 0.6) is 0 Å². The number of amides is 2. The van der Waals surface area contributed by atoms with Crippen LogP contribution in [0.4, 0.5) is 10.8 Å². The van der Waals surface area contributed by atoms with Crippen LogP contribution in [-0.4, -0.2) is 34.8 Å². The fourth-order valence-corrected chi connectivity index (χ4v) is 4.12. The summed E-state index contributed by atoms with van der Waals surface area (Å²) in [5, 5.41) is 2.96. The molecule has 1 aromatic heterocycles. The average molecular weight is 462 g/mol. The van der Waals surface area contributed by atoms with E-state index in [1.807, 2.05) is 13.8 Å². The Kier molecular flexibility index (Phi) is 7.48. The zero-order chi connectivity index (χ0) is 21.7. The average Bonchev–Trinajstić information content (AvgIpc) is 3.23. The van der Waals surface area contributed by atoms with Crippen LogP contribution in [0, 0.1) is 0 Å². The van der Waals surface area contributed by atoms with Gasteiger partial charge in [0.1, 0.15) is 5.69 Å². The lowest BCUT2D eigenvalue weighted by molar-refractivity contribution is 0.0759. The Balaban J connectivity index is 2.02. The minimum atomic E-state index is -0.336. The number of rotatable bonds is 7. The molecule has 2 amide bonds. The largest absolute Gasteiger partial charge is 0.338 e. The minimum Gasteiger partial charge on any atom is -0.338 e. The third-order valence-corrected chi connectivity index (χ3v) is 5.86. The van der Waals surface area contributed by atoms with Gasteiger partial charge in [0.05, 0.1) is 16.3 Å². The molecule has 1 heterocycles. The summed E-state index contributed by atoms with van der Waals surface area (Å²) in [5.74, 6) is -0.486. The van der Waals surface area contributed by atoms with E-state index in [1.165, 1.54) is 16.2 Å². The molecule has 0 aliphatic rings. The smallest absolute Gasteiger partial charge is 0.273 e. The molecule has 0 aliphatic carbocycles. The van der Waals surface area contributed by atoms with Gasteiger partial charge >= 0.3 is 0 Å². The van der Waals surface area contributed by atoms with Crippen LogP contribution in [0.2, 0.25) is 10.0 Å². The molecule has 0 aliphatic heterocycles. The zero-order valence-electron chi connectivity index (χ0n) is 16.6. The van der Waals surface area contributed by atoms with Crippen molar-refractivity contribution < 1.29 is 9.59 Å². The van der Waals surface area contributed by atoms with Gasteiger partial charge in [0.15, 0.2) is 5.13 Å². The topological polar surface area (TPSA) is 53.5 Å². The Hall–Kier alpha value is -2.41. The summed E-state index contributed by atoms with van der Waals surface area (Å²) in [6.07, 6.45) is 0.860. The number of nitrogens with zero attached hydrogens (tertiary/aromatic N) is 3. The van der Waals surface area contributed by atoms with Crippen molar-refractivity contribution in [3.05, 3.63) is 75.2 Å². The molecule has 0 unspecified atom stereocenters. The molecule has 156 valence electrons. The molecule has 5 nitrogen and oxygen atoms in total. The Morgan fingerprint density at radius 2 is 1.70 bits per heavy atom. The fourth-order valence-electron chi connectivity index (χ4n) is 2.96. The normalized spacial score (nSPS) is 10.7. The summed E-state index contributed by atoms with van der Waals surface area (Å²) in [6, 6.07) is 13.7. The van der Waals surface area contributed by atoms with Gasteiger partial charge in [-0.25, -0.2) is 4.98 Å². The van der Waals surface area contributed by atoms with Crippen LogP contribution in [0.1, 0.15) is 41.1 Å². The number of thiazole rings is 1. The van der Waals surface area contributed by atoms with E-state index in [-0.39, 0.29) is 11.8 Å². The van der Waals surface area contributed by atoms with Crippen molar-refractivity contribution in [2.45, 2.75) is 20.3 Å². The van der Waals surface area contributed by atoms with E-state index in [9.17, 15) is 9.59 Å². The van der Waals surface area contributed by atoms with Crippen molar-refractivity contribution in [3.8, 4) is 0 Å². The molecule has 3 rings (SSSR count). The summed E-state index contributed by atoms with van der Waals surface area (Å²) in [7, 11) is 0. The van der Waals surface area contributed by atoms with Crippen molar-refractivity contribution in [1.82, 2.24) is 9.88 Å². The highest BCUT2D eigenvalue weighted by molar-refractivity contribution is 7.14. The van der Waals surface area contributed by atoms with E-state index in [0.717, 1.165) is 6.42 Å². The highest BCUT2D eigenvalue weighted by Crippen LogP contribution is 2.33. The lowest BCUT2D eigenvalue weighted by atomic mass is 10.2. The van der Waals surface area contributed by atoms with Gasteiger partial charge in [-0.2, -0.15) is 0 Å². The van der Waals surface area contributed by atoms with Crippen molar-refractivity contribution in [2.75, 3.05) is 18.0 Å². The number of hydrogen-bond donors (Lipinski definition) is 0. The molecule has 0 saturated heterocycles. The van der Waals surface area contributed by atoms with Crippen LogP contribution in [0.3, 0.4) is 0 Å². The molecule has 8 heteroatoms. The van der Waals surface area contributed by atoms with Gasteiger partial charge in [-0.1, -0.05) is 42.3 Å². The highest BCUT2D eigenvalue weighted by atomic mass is 35.5. The van der Waals surface area contributed by atoms with Crippen LogP contribution in [-0.2, 0) is 0 Å². The van der Waals surface area contributed by atoms with Gasteiger partial charge in [0.2, 0.25) is 0 Å². The number of carbonyl (C=O) groups excluding carboxylic acids is 2. The van der Waals surface area contributed by atoms with Gasteiger partial charge in [0, 0.05) is 23.5 Å². The zero-order valence-corrected chi connectivity index (χ0v) is 19.0. The summed E-state index contributed by atoms with van der Waals surface area (Å²) >= 11 is 13.5. The van der Waals surface area contributed by atoms with E-state index in [1.54, 1.807) is 58.8 Å². The number of benzene rings is 2. The maximum absolute atomic E-state index is 13.4. The predicted octanol–water partition coefficient (Wildman–Crippen LogP) is 6.30. The molecular weight excluding hydrogens is 441 g/mol. The molecule has 0 bridgehead atoms. The van der Waals surface area contributed by atoms with Crippen molar-refractivity contribution in [3.63, 3.8) is 0 Å². The van der Waals surface area contributed by atoms with Gasteiger partial charge in [-0.05, 0) is 49.7 Å². The van der Waals surface area contributed by atoms with E-state index < -0.39 is 0 Å². The van der Waals surface area contributed by atoms with Crippen LogP contribution >= 0.6 is 34.5 Å². The van der Waals surface area contributed by atoms with E-state index in [0.29, 0.717) is 45.2 Å². The molecular formula is C22H21Cl2N3O2S. The van der Waals surface area contributed by atoms with Crippen molar-refractivity contribution in [1.29, 1.82) is 0 Å². The maximum Gasteiger partial charge on any atom is 0.273 e. The first kappa shape index (κ1) is 22.3. The Morgan fingerprint density at radius 1 is 1.00 bits per heavy atom. The molecule has 0 spiro atoms. The second-order valence-corrected chi connectivity index (χ2v) is 8.18. The third kappa shape index (κ3) is 4.83. The number of carbonyl (C=O) groups is 2. The van der Waals surface area contributed by atoms with E-state index in [2.05, 4.69) is 4.98 Å². The maximum atomic E-state index is 13.4. The standard InChI is InChI=1S/C22H21Cl2N3O2S/c1-3-13-26(4-2)21(29)19-14-30-22(25-19)27(16-11-9-15(23)10-12-16)20(28)17-7-5-6-8-18(17)24/h5-12,14H,3-4,13H2,1-2H3. The predicted molar refractivity (Wildman–Crippen MR) is 123 cm³/mol. The van der Waals surface area contributed by atoms with Gasteiger partial charge < -0.3 is 4.90 Å². The molecule has 0 N–H and O–H groups in total. The monoisotopic (exact) mass is 461 g/mol. The molecule has 0 fully saturated rings. The first-order valence-electron chi connectivity index (χ1n) is 9.55. The van der Waals surface area contributed by atoms with Crippen molar-refractivity contribution in [2.24, 2.45) is 0 Å². The van der Waals surface area contributed by atoms with E-state index >= 15 is 0 Å². The summed E-state index contributed by atoms with van der Waals surface area (Å²) in [6.45, 7) is 5.20. The molecule has 0 atom stereocenters. The van der Waals surface area contributed by atoms with Crippen LogP contribution in [0.25, 0.3) is 0 Å². The Morgan fingerprint density at radius 3 is 2.33 bits per heavy atom. The lowest BCUT2D eigenvalue weighted by Gasteiger charge is -2.21. The Labute approximate surface area is 189 Å². The van der Waals surface area contributed by atoms with Crippen molar-refractivity contribution >= 4 is 57.2 Å². The molecule has 0 radical (unpaired) electrons. The quantitative estimate of drug-likeness (QED) is 0.414. The number of anilines is 2. The molecule has 2 aromatic carbocycles. The molecule has 30 heavy (non-hydrogen) atoms. The Bertz CT molecular complexity index is 1040. The van der Waals surface area contributed by atoms with Gasteiger partial charge in [0.25, 0.3) is 11.8 Å². The lowest BCUT2D eigenvalue weighted by Crippen LogP contribution is -2.32. The molecule has 3 aromatic rings. The van der Waals surface area contributed by atoms with E-state index in [4.69, 9.17) is 23.2 Å². The van der Waals surface area contributed by atoms with Gasteiger partial charge in [-0.3, -0.25) is 14.5 Å². The number of hydrogen-bond acceptors (Lipinski definition) is 4. The van der Waals surface area contributed by atoms with Crippen LogP contribution in [0.15, 0.2) is 53.9 Å². The summed E-state index contributed by atoms with van der Waals surface area (Å²) in [4.78, 5) is 33.9. The second-order valence-electron chi connectivity index (χ2n) is 6.50. The van der Waals surface area contributed by atoms with Crippen LogP contribution < -0.4 is 4.90 Å². The first-order valence-corrected chi connectivity index (χ1v) is 11.2. The summed E-state index contributed by atoms with van der Waals surface area (Å²) in [5.41, 5.74) is 1.24. The SMILES string of the molecule is CCCN(CC)C(=O)c1csc(N(C(=O)c2ccccc2Cl)c2ccc(Cl)cc2)n1. The third-order valence-electron chi connectivity index (χ3n) is 4.46. The highest BCUT2D eigenvalue weighted by Gasteiger charge is 2.26. The minimum absolute atomic E-state index is 0.150. The number of aromatic nitrogens is 1.